The minimum Gasteiger partial charge on any atom is -0.383 e. The number of ether oxygens (including phenoxy) is 2. The molecule has 0 aliphatic carbocycles. The highest BCUT2D eigenvalue weighted by atomic mass is 16.5. The minimum absolute atomic E-state index is 0.546. The van der Waals surface area contributed by atoms with Crippen molar-refractivity contribution in [3.05, 3.63) is 12.3 Å². The van der Waals surface area contributed by atoms with Gasteiger partial charge in [-0.3, -0.25) is 0 Å². The van der Waals surface area contributed by atoms with Crippen LogP contribution in [0.3, 0.4) is 0 Å². The molecule has 0 atom stereocenters. The van der Waals surface area contributed by atoms with Crippen LogP contribution < -0.4 is 16.0 Å². The van der Waals surface area contributed by atoms with Crippen LogP contribution in [0.4, 0.5) is 11.8 Å². The number of nitrogens with two attached hydrogens (primary N) is 1. The summed E-state index contributed by atoms with van der Waals surface area (Å²) in [5, 5.41) is 3.07. The Morgan fingerprint density at radius 3 is 2.53 bits per heavy atom. The van der Waals surface area contributed by atoms with Gasteiger partial charge in [0.15, 0.2) is 0 Å². The second kappa shape index (κ2) is 9.48. The van der Waals surface area contributed by atoms with E-state index in [2.05, 4.69) is 20.2 Å². The third-order valence-electron chi connectivity index (χ3n) is 2.52. The summed E-state index contributed by atoms with van der Waals surface area (Å²) in [6.07, 6.45) is 1.73. The van der Waals surface area contributed by atoms with Crippen LogP contribution in [0.5, 0.6) is 0 Å². The predicted molar refractivity (Wildman–Crippen MR) is 75.5 cm³/mol. The highest BCUT2D eigenvalue weighted by Gasteiger charge is 2.08. The maximum atomic E-state index is 5.44. The number of nitrogens with one attached hydrogen (secondary N) is 1. The average Bonchev–Trinajstić information content (AvgIpc) is 2.45. The number of hydrogen-bond acceptors (Lipinski definition) is 7. The van der Waals surface area contributed by atoms with E-state index in [1.807, 2.05) is 6.07 Å². The van der Waals surface area contributed by atoms with Gasteiger partial charge in [0.1, 0.15) is 5.82 Å². The van der Waals surface area contributed by atoms with Gasteiger partial charge in [0.2, 0.25) is 5.95 Å². The maximum Gasteiger partial charge on any atom is 0.224 e. The van der Waals surface area contributed by atoms with Gasteiger partial charge >= 0.3 is 0 Å². The van der Waals surface area contributed by atoms with E-state index < -0.39 is 0 Å². The summed E-state index contributed by atoms with van der Waals surface area (Å²) in [7, 11) is 3.37. The van der Waals surface area contributed by atoms with Crippen molar-refractivity contribution >= 4 is 11.8 Å². The summed E-state index contributed by atoms with van der Waals surface area (Å²) in [4.78, 5) is 10.7. The highest BCUT2D eigenvalue weighted by molar-refractivity contribution is 5.42. The lowest BCUT2D eigenvalue weighted by molar-refractivity contribution is 0.190. The van der Waals surface area contributed by atoms with Gasteiger partial charge in [-0.1, -0.05) is 0 Å². The first kappa shape index (κ1) is 15.6. The van der Waals surface area contributed by atoms with Crippen molar-refractivity contribution in [1.82, 2.24) is 9.97 Å². The van der Waals surface area contributed by atoms with Gasteiger partial charge in [0, 0.05) is 46.6 Å². The van der Waals surface area contributed by atoms with Crippen LogP contribution in [0.25, 0.3) is 0 Å². The quantitative estimate of drug-likeness (QED) is 0.615. The molecule has 1 rings (SSSR count). The van der Waals surface area contributed by atoms with Crippen LogP contribution in [-0.2, 0) is 9.47 Å². The van der Waals surface area contributed by atoms with Gasteiger partial charge < -0.3 is 25.4 Å². The van der Waals surface area contributed by atoms with Crippen molar-refractivity contribution < 1.29 is 9.47 Å². The lowest BCUT2D eigenvalue weighted by Gasteiger charge is -2.23. The molecule has 0 saturated carbocycles. The van der Waals surface area contributed by atoms with E-state index in [4.69, 9.17) is 15.2 Å². The first-order valence-electron chi connectivity index (χ1n) is 6.31. The first-order chi connectivity index (χ1) is 9.31. The van der Waals surface area contributed by atoms with Gasteiger partial charge in [-0.05, 0) is 6.07 Å². The zero-order valence-corrected chi connectivity index (χ0v) is 11.6. The molecule has 0 bridgehead atoms. The molecule has 3 N–H and O–H groups in total. The third kappa shape index (κ3) is 5.82. The number of nitrogens with zero attached hydrogens (tertiary/aromatic N) is 3. The lowest BCUT2D eigenvalue weighted by atomic mass is 10.4. The van der Waals surface area contributed by atoms with Crippen LogP contribution >= 0.6 is 0 Å². The second-order valence-electron chi connectivity index (χ2n) is 3.93. The minimum atomic E-state index is 0.546. The van der Waals surface area contributed by atoms with Gasteiger partial charge in [-0.2, -0.15) is 4.98 Å². The Morgan fingerprint density at radius 2 is 1.95 bits per heavy atom. The normalized spacial score (nSPS) is 10.5. The fourth-order valence-electron chi connectivity index (χ4n) is 1.54. The Morgan fingerprint density at radius 1 is 1.26 bits per heavy atom. The largest absolute Gasteiger partial charge is 0.383 e. The van der Waals surface area contributed by atoms with E-state index in [0.717, 1.165) is 18.9 Å². The number of aromatic nitrogens is 2. The van der Waals surface area contributed by atoms with Gasteiger partial charge in [0.05, 0.1) is 13.2 Å². The van der Waals surface area contributed by atoms with Crippen LogP contribution in [0.15, 0.2) is 12.3 Å². The molecule has 0 fully saturated rings. The van der Waals surface area contributed by atoms with Crippen molar-refractivity contribution in [2.75, 3.05) is 63.8 Å². The van der Waals surface area contributed by atoms with Crippen molar-refractivity contribution in [2.45, 2.75) is 0 Å². The number of anilines is 2. The average molecular weight is 269 g/mol. The molecule has 0 aliphatic rings. The van der Waals surface area contributed by atoms with Crippen LogP contribution in [0.2, 0.25) is 0 Å². The third-order valence-corrected chi connectivity index (χ3v) is 2.52. The summed E-state index contributed by atoms with van der Waals surface area (Å²) < 4.78 is 10.2. The molecule has 19 heavy (non-hydrogen) atoms. The smallest absolute Gasteiger partial charge is 0.224 e. The van der Waals surface area contributed by atoms with Crippen LogP contribution in [0, 0.1) is 0 Å². The van der Waals surface area contributed by atoms with Gasteiger partial charge in [-0.15, -0.1) is 0 Å². The molecule has 108 valence electrons. The molecule has 0 radical (unpaired) electrons. The van der Waals surface area contributed by atoms with Gasteiger partial charge in [0.25, 0.3) is 0 Å². The predicted octanol–water partition coefficient (Wildman–Crippen LogP) is -0.0536. The van der Waals surface area contributed by atoms with Crippen LogP contribution in [-0.4, -0.2) is 63.6 Å². The molecule has 0 aliphatic heterocycles. The van der Waals surface area contributed by atoms with E-state index in [-0.39, 0.29) is 0 Å². The van der Waals surface area contributed by atoms with Crippen molar-refractivity contribution in [1.29, 1.82) is 0 Å². The Balaban J connectivity index is 2.69. The van der Waals surface area contributed by atoms with E-state index >= 15 is 0 Å². The SMILES string of the molecule is COCCN(CCOC)c1ccnc(NCCN)n1. The lowest BCUT2D eigenvalue weighted by Crippen LogP contribution is -2.31. The fourth-order valence-corrected chi connectivity index (χ4v) is 1.54. The Kier molecular flexibility index (Phi) is 7.80. The maximum absolute atomic E-state index is 5.44. The molecule has 0 saturated heterocycles. The second-order valence-corrected chi connectivity index (χ2v) is 3.93. The van der Waals surface area contributed by atoms with E-state index in [0.29, 0.717) is 32.3 Å². The van der Waals surface area contributed by atoms with E-state index in [9.17, 15) is 0 Å². The summed E-state index contributed by atoms with van der Waals surface area (Å²) in [6.45, 7) is 3.99. The zero-order valence-electron chi connectivity index (χ0n) is 11.6. The first-order valence-corrected chi connectivity index (χ1v) is 6.31. The molecule has 7 heteroatoms. The Hall–Kier alpha value is -1.44. The fraction of sp³-hybridized carbons (Fsp3) is 0.667. The molecule has 1 aromatic heterocycles. The number of hydrogen-bond donors (Lipinski definition) is 2. The zero-order chi connectivity index (χ0) is 13.9. The molecular formula is C12H23N5O2. The topological polar surface area (TPSA) is 85.5 Å². The number of methoxy groups -OCH3 is 2. The van der Waals surface area contributed by atoms with Crippen molar-refractivity contribution in [3.8, 4) is 0 Å². The molecular weight excluding hydrogens is 246 g/mol. The van der Waals surface area contributed by atoms with E-state index in [1.54, 1.807) is 20.4 Å². The van der Waals surface area contributed by atoms with E-state index in [1.165, 1.54) is 0 Å². The van der Waals surface area contributed by atoms with Crippen molar-refractivity contribution in [3.63, 3.8) is 0 Å². The van der Waals surface area contributed by atoms with Crippen molar-refractivity contribution in [2.24, 2.45) is 5.73 Å². The molecule has 0 unspecified atom stereocenters. The monoisotopic (exact) mass is 269 g/mol. The molecule has 1 heterocycles. The Labute approximate surface area is 114 Å². The molecule has 0 amide bonds. The standard InChI is InChI=1S/C12H23N5O2/c1-18-9-7-17(8-10-19-2)11-3-5-14-12(16-11)15-6-4-13/h3,5H,4,6-10,13H2,1-2H3,(H,14,15,16). The molecule has 0 aromatic carbocycles. The van der Waals surface area contributed by atoms with Gasteiger partial charge in [-0.25, -0.2) is 4.98 Å². The Bertz CT molecular complexity index is 343. The molecule has 7 nitrogen and oxygen atoms in total. The van der Waals surface area contributed by atoms with Crippen LogP contribution in [0.1, 0.15) is 0 Å². The summed E-state index contributed by atoms with van der Waals surface area (Å²) in [5.74, 6) is 1.44. The summed E-state index contributed by atoms with van der Waals surface area (Å²) in [6, 6.07) is 1.87. The summed E-state index contributed by atoms with van der Waals surface area (Å²) >= 11 is 0. The molecule has 0 spiro atoms. The number of rotatable bonds is 10. The molecule has 1 aromatic rings. The summed E-state index contributed by atoms with van der Waals surface area (Å²) in [5.41, 5.74) is 5.44. The highest BCUT2D eigenvalue weighted by Crippen LogP contribution is 2.11.